The molecule has 0 unspecified atom stereocenters. The molecule has 11 heteroatoms. The monoisotopic (exact) mass is 494 g/mol. The molecule has 0 atom stereocenters. The van der Waals surface area contributed by atoms with Crippen LogP contribution in [-0.2, 0) is 30.7 Å². The average molecular weight is 494 g/mol. The summed E-state index contributed by atoms with van der Waals surface area (Å²) in [5.74, 6) is 0.139. The number of amides is 1. The zero-order valence-electron chi connectivity index (χ0n) is 19.4. The van der Waals surface area contributed by atoms with Crippen LogP contribution in [0.1, 0.15) is 44.1 Å². The second kappa shape index (κ2) is 8.83. The maximum atomic E-state index is 13.5. The molecule has 2 N–H and O–H groups in total. The lowest BCUT2D eigenvalue weighted by molar-refractivity contribution is -0.141. The van der Waals surface area contributed by atoms with Gasteiger partial charge in [-0.2, -0.15) is 13.2 Å². The standard InChI is InChI=1S/C25H21F3N6O2/c1-13-8-30-14(2)23(32-13)34(24(35)16-4-6-21(31-9-16)25(26,27)28)10-15-3-5-17-18-11-36-12-19(18)22(29)33-20(17)7-15/h3-9H,10-12H2,1-2H3,(H2,29,33). The molecule has 3 aromatic heterocycles. The molecule has 0 aliphatic carbocycles. The smallest absolute Gasteiger partial charge is 0.383 e. The van der Waals surface area contributed by atoms with Crippen LogP contribution in [0.15, 0.2) is 42.7 Å². The van der Waals surface area contributed by atoms with E-state index < -0.39 is 17.8 Å². The van der Waals surface area contributed by atoms with Crippen LogP contribution in [0.2, 0.25) is 0 Å². The van der Waals surface area contributed by atoms with Crippen LogP contribution < -0.4 is 10.6 Å². The molecule has 184 valence electrons. The van der Waals surface area contributed by atoms with Gasteiger partial charge in [0, 0.05) is 23.3 Å². The number of alkyl halides is 3. The van der Waals surface area contributed by atoms with Crippen LogP contribution in [-0.4, -0.2) is 25.8 Å². The van der Waals surface area contributed by atoms with Crippen LogP contribution >= 0.6 is 0 Å². The Morgan fingerprint density at radius 2 is 1.83 bits per heavy atom. The summed E-state index contributed by atoms with van der Waals surface area (Å²) in [6.45, 7) is 4.38. The second-order valence-electron chi connectivity index (χ2n) is 8.54. The van der Waals surface area contributed by atoms with Crippen molar-refractivity contribution in [2.45, 2.75) is 39.8 Å². The molecule has 0 radical (unpaired) electrons. The van der Waals surface area contributed by atoms with Crippen molar-refractivity contribution in [3.8, 4) is 0 Å². The third-order valence-corrected chi connectivity index (χ3v) is 5.99. The van der Waals surface area contributed by atoms with Gasteiger partial charge in [-0.05, 0) is 43.2 Å². The van der Waals surface area contributed by atoms with E-state index >= 15 is 0 Å². The number of aryl methyl sites for hydroxylation is 2. The number of hydrogen-bond donors (Lipinski definition) is 1. The predicted molar refractivity (Wildman–Crippen MR) is 126 cm³/mol. The minimum absolute atomic E-state index is 0.0103. The number of nitrogens with two attached hydrogens (primary N) is 1. The molecule has 1 amide bonds. The van der Waals surface area contributed by atoms with E-state index in [0.29, 0.717) is 41.8 Å². The number of anilines is 2. The van der Waals surface area contributed by atoms with Crippen LogP contribution in [0.5, 0.6) is 0 Å². The minimum Gasteiger partial charge on any atom is -0.383 e. The van der Waals surface area contributed by atoms with Crippen molar-refractivity contribution >= 4 is 28.4 Å². The molecular formula is C25H21F3N6O2. The highest BCUT2D eigenvalue weighted by molar-refractivity contribution is 6.05. The second-order valence-corrected chi connectivity index (χ2v) is 8.54. The zero-order valence-corrected chi connectivity index (χ0v) is 19.4. The van der Waals surface area contributed by atoms with E-state index in [2.05, 4.69) is 19.9 Å². The Morgan fingerprint density at radius 3 is 2.56 bits per heavy atom. The molecule has 1 aliphatic rings. The molecule has 0 saturated heterocycles. The van der Waals surface area contributed by atoms with E-state index in [-0.39, 0.29) is 12.1 Å². The molecule has 0 fully saturated rings. The molecular weight excluding hydrogens is 473 g/mol. The van der Waals surface area contributed by atoms with Gasteiger partial charge < -0.3 is 10.5 Å². The van der Waals surface area contributed by atoms with Gasteiger partial charge in [-0.3, -0.25) is 19.7 Å². The fraction of sp³-hybridized carbons (Fsp3) is 0.240. The lowest BCUT2D eigenvalue weighted by Gasteiger charge is -2.24. The van der Waals surface area contributed by atoms with Crippen molar-refractivity contribution in [3.05, 3.63) is 82.1 Å². The number of pyridine rings is 2. The topological polar surface area (TPSA) is 107 Å². The van der Waals surface area contributed by atoms with E-state index in [1.54, 1.807) is 20.0 Å². The number of ether oxygens (including phenoxy) is 1. The predicted octanol–water partition coefficient (Wildman–Crippen LogP) is 4.51. The van der Waals surface area contributed by atoms with Crippen molar-refractivity contribution in [3.63, 3.8) is 0 Å². The van der Waals surface area contributed by atoms with Gasteiger partial charge in [0.05, 0.1) is 42.2 Å². The molecule has 4 heterocycles. The third kappa shape index (κ3) is 4.33. The van der Waals surface area contributed by atoms with E-state index in [9.17, 15) is 18.0 Å². The number of halogens is 3. The number of carbonyl (C=O) groups excluding carboxylic acids is 1. The molecule has 0 spiro atoms. The van der Waals surface area contributed by atoms with Gasteiger partial charge in [-0.1, -0.05) is 12.1 Å². The first-order valence-electron chi connectivity index (χ1n) is 11.0. The van der Waals surface area contributed by atoms with Crippen molar-refractivity contribution in [1.82, 2.24) is 19.9 Å². The number of benzene rings is 1. The Labute approximate surface area is 204 Å². The fourth-order valence-electron chi connectivity index (χ4n) is 4.17. The van der Waals surface area contributed by atoms with Crippen LogP contribution in [0.25, 0.3) is 10.9 Å². The number of aromatic nitrogens is 4. The van der Waals surface area contributed by atoms with Gasteiger partial charge in [-0.25, -0.2) is 9.97 Å². The van der Waals surface area contributed by atoms with Crippen LogP contribution in [0.4, 0.5) is 24.8 Å². The number of rotatable bonds is 4. The van der Waals surface area contributed by atoms with Crippen LogP contribution in [0.3, 0.4) is 0 Å². The lowest BCUT2D eigenvalue weighted by Crippen LogP contribution is -2.32. The Balaban J connectivity index is 1.55. The normalized spacial score (nSPS) is 13.1. The number of nitrogen functional groups attached to an aromatic ring is 1. The highest BCUT2D eigenvalue weighted by Gasteiger charge is 2.33. The Kier molecular flexibility index (Phi) is 5.79. The SMILES string of the molecule is Cc1cnc(C)c(N(Cc2ccc3c4c(c(N)nc3c2)COC4)C(=O)c2ccc(C(F)(F)F)nc2)n1. The van der Waals surface area contributed by atoms with E-state index in [0.717, 1.165) is 40.4 Å². The fourth-order valence-corrected chi connectivity index (χ4v) is 4.17. The van der Waals surface area contributed by atoms with E-state index in [1.807, 2.05) is 18.2 Å². The summed E-state index contributed by atoms with van der Waals surface area (Å²) in [5, 5.41) is 0.914. The summed E-state index contributed by atoms with van der Waals surface area (Å²) in [6.07, 6.45) is -2.11. The van der Waals surface area contributed by atoms with Crippen molar-refractivity contribution < 1.29 is 22.7 Å². The van der Waals surface area contributed by atoms with Gasteiger partial charge in [0.25, 0.3) is 5.91 Å². The molecule has 8 nitrogen and oxygen atoms in total. The van der Waals surface area contributed by atoms with Crippen molar-refractivity contribution in [2.24, 2.45) is 0 Å². The molecule has 5 rings (SSSR count). The minimum atomic E-state index is -4.61. The Morgan fingerprint density at radius 1 is 1.06 bits per heavy atom. The first kappa shape index (κ1) is 23.6. The average Bonchev–Trinajstić information content (AvgIpc) is 3.34. The first-order valence-corrected chi connectivity index (χ1v) is 11.0. The molecule has 4 aromatic rings. The summed E-state index contributed by atoms with van der Waals surface area (Å²) in [7, 11) is 0. The summed E-state index contributed by atoms with van der Waals surface area (Å²) in [4.78, 5) is 31.6. The van der Waals surface area contributed by atoms with Gasteiger partial charge >= 0.3 is 6.18 Å². The van der Waals surface area contributed by atoms with Gasteiger partial charge in [-0.15, -0.1) is 0 Å². The third-order valence-electron chi connectivity index (χ3n) is 5.99. The molecule has 1 aliphatic heterocycles. The number of carbonyl (C=O) groups is 1. The van der Waals surface area contributed by atoms with Gasteiger partial charge in [0.15, 0.2) is 5.82 Å². The zero-order chi connectivity index (χ0) is 25.6. The summed E-state index contributed by atoms with van der Waals surface area (Å²) in [5.41, 5.74) is 9.37. The van der Waals surface area contributed by atoms with Crippen LogP contribution in [0, 0.1) is 13.8 Å². The largest absolute Gasteiger partial charge is 0.433 e. The van der Waals surface area contributed by atoms with E-state index in [4.69, 9.17) is 10.5 Å². The molecule has 0 bridgehead atoms. The summed E-state index contributed by atoms with van der Waals surface area (Å²) < 4.78 is 44.4. The maximum absolute atomic E-state index is 13.5. The number of hydrogen-bond acceptors (Lipinski definition) is 7. The Bertz CT molecular complexity index is 1490. The van der Waals surface area contributed by atoms with E-state index in [1.165, 1.54) is 4.90 Å². The summed E-state index contributed by atoms with van der Waals surface area (Å²) in [6, 6.07) is 7.49. The highest BCUT2D eigenvalue weighted by atomic mass is 19.4. The van der Waals surface area contributed by atoms with Crippen molar-refractivity contribution in [2.75, 3.05) is 10.6 Å². The highest BCUT2D eigenvalue weighted by Crippen LogP contribution is 2.32. The molecule has 0 saturated carbocycles. The molecule has 36 heavy (non-hydrogen) atoms. The summed E-state index contributed by atoms with van der Waals surface area (Å²) >= 11 is 0. The first-order chi connectivity index (χ1) is 17.1. The van der Waals surface area contributed by atoms with Gasteiger partial charge in [0.1, 0.15) is 11.5 Å². The number of fused-ring (bicyclic) bond motifs is 3. The molecule has 1 aromatic carbocycles. The lowest BCUT2D eigenvalue weighted by atomic mass is 10.0. The van der Waals surface area contributed by atoms with Crippen molar-refractivity contribution in [1.29, 1.82) is 0 Å². The quantitative estimate of drug-likeness (QED) is 0.445. The van der Waals surface area contributed by atoms with Gasteiger partial charge in [0.2, 0.25) is 0 Å². The Hall–Kier alpha value is -4.12. The maximum Gasteiger partial charge on any atom is 0.433 e. The number of nitrogens with zero attached hydrogens (tertiary/aromatic N) is 5.